The van der Waals surface area contributed by atoms with Crippen LogP contribution in [0.25, 0.3) is 0 Å². The molecule has 7 N–H and O–H groups in total. The van der Waals surface area contributed by atoms with Gasteiger partial charge in [0, 0.05) is 0 Å². The highest BCUT2D eigenvalue weighted by Crippen LogP contribution is 2.37. The summed E-state index contributed by atoms with van der Waals surface area (Å²) < 4.78 is 13.9. The first-order valence-electron chi connectivity index (χ1n) is 4.16. The minimum atomic E-state index is -4.57. The van der Waals surface area contributed by atoms with E-state index in [4.69, 9.17) is 35.3 Å². The van der Waals surface area contributed by atoms with E-state index in [1.807, 2.05) is 0 Å². The van der Waals surface area contributed by atoms with Crippen LogP contribution in [0.4, 0.5) is 0 Å². The molecule has 100 valence electrons. The van der Waals surface area contributed by atoms with E-state index in [0.717, 1.165) is 0 Å². The van der Waals surface area contributed by atoms with Gasteiger partial charge in [-0.1, -0.05) is 0 Å². The molecule has 0 rings (SSSR count). The summed E-state index contributed by atoms with van der Waals surface area (Å²) in [4.78, 5) is 16.2. The summed E-state index contributed by atoms with van der Waals surface area (Å²) in [5.41, 5.74) is 0. The summed E-state index contributed by atoms with van der Waals surface area (Å²) in [5, 5.41) is 40.5. The van der Waals surface area contributed by atoms with Gasteiger partial charge in [0.25, 0.3) is 0 Å². The van der Waals surface area contributed by atoms with Crippen LogP contribution >= 0.6 is 7.82 Å². The zero-order valence-electron chi connectivity index (χ0n) is 8.38. The monoisotopic (exact) mass is 264 g/mol. The molecule has 0 bridgehead atoms. The molecule has 0 radical (unpaired) electrons. The van der Waals surface area contributed by atoms with Gasteiger partial charge in [0.15, 0.2) is 0 Å². The zero-order chi connectivity index (χ0) is 13.2. The van der Waals surface area contributed by atoms with E-state index in [2.05, 4.69) is 4.52 Å². The van der Waals surface area contributed by atoms with E-state index < -0.39 is 33.2 Å². The Hall–Kier alpha value is -0.0900. The molecule has 0 heterocycles. The van der Waals surface area contributed by atoms with Gasteiger partial charge in [0.2, 0.25) is 0 Å². The van der Waals surface area contributed by atoms with Gasteiger partial charge in [-0.2, -0.15) is 0 Å². The number of rotatable bonds is 6. The summed E-state index contributed by atoms with van der Waals surface area (Å²) in [7, 11) is -4.57. The van der Waals surface area contributed by atoms with Gasteiger partial charge < -0.3 is 35.3 Å². The maximum Gasteiger partial charge on any atom is 0.470 e. The Balaban J connectivity index is 0. The van der Waals surface area contributed by atoms with Crippen molar-refractivity contribution in [3.05, 3.63) is 0 Å². The average Bonchev–Trinajstić information content (AvgIpc) is 2.24. The van der Waals surface area contributed by atoms with E-state index >= 15 is 0 Å². The lowest BCUT2D eigenvalue weighted by atomic mass is 10.4. The van der Waals surface area contributed by atoms with Gasteiger partial charge in [-0.15, -0.1) is 0 Å². The maximum absolute atomic E-state index is 10.0. The van der Waals surface area contributed by atoms with Crippen molar-refractivity contribution in [2.45, 2.75) is 12.2 Å². The van der Waals surface area contributed by atoms with Crippen LogP contribution in [0.15, 0.2) is 0 Å². The Morgan fingerprint density at radius 2 is 1.31 bits per heavy atom. The summed E-state index contributed by atoms with van der Waals surface area (Å²) >= 11 is 0. The lowest BCUT2D eigenvalue weighted by Gasteiger charge is -2.11. The minimum absolute atomic E-state index is 0.365. The Labute approximate surface area is 91.8 Å². The second-order valence-corrected chi connectivity index (χ2v) is 3.79. The van der Waals surface area contributed by atoms with Crippen LogP contribution < -0.4 is 0 Å². The highest BCUT2D eigenvalue weighted by molar-refractivity contribution is 7.46. The van der Waals surface area contributed by atoms with E-state index in [0.29, 0.717) is 0 Å². The van der Waals surface area contributed by atoms with Gasteiger partial charge in [-0.3, -0.25) is 4.52 Å². The standard InChI is InChI=1S/C3H9O6P.C3H8O3/c4-1-3(2-5)9-10(6,7)8;4-1-3(6)2-5/h3-5H,1-2H2,(H2,6,7,8);3-6H,1-2H2. The van der Waals surface area contributed by atoms with Crippen molar-refractivity contribution in [1.82, 2.24) is 0 Å². The smallest absolute Gasteiger partial charge is 0.394 e. The Kier molecular flexibility index (Phi) is 11.5. The third-order valence-corrected chi connectivity index (χ3v) is 1.69. The first kappa shape index (κ1) is 18.3. The minimum Gasteiger partial charge on any atom is -0.394 e. The fourth-order valence-electron chi connectivity index (χ4n) is 0.376. The molecule has 10 heteroatoms. The molecular formula is C6H17O9P. The van der Waals surface area contributed by atoms with Crippen LogP contribution in [0.1, 0.15) is 0 Å². The molecular weight excluding hydrogens is 247 g/mol. The number of aliphatic hydroxyl groups is 5. The summed E-state index contributed by atoms with van der Waals surface area (Å²) in [5.74, 6) is 0. The van der Waals surface area contributed by atoms with Crippen molar-refractivity contribution in [2.24, 2.45) is 0 Å². The highest BCUT2D eigenvalue weighted by atomic mass is 31.2. The van der Waals surface area contributed by atoms with Crippen molar-refractivity contribution in [3.63, 3.8) is 0 Å². The molecule has 0 aliphatic rings. The maximum atomic E-state index is 10.0. The number of phosphoric ester groups is 1. The van der Waals surface area contributed by atoms with Crippen molar-refractivity contribution in [1.29, 1.82) is 0 Å². The van der Waals surface area contributed by atoms with Crippen molar-refractivity contribution >= 4 is 7.82 Å². The average molecular weight is 264 g/mol. The molecule has 0 aliphatic heterocycles. The number of hydrogen-bond donors (Lipinski definition) is 7. The molecule has 0 aromatic heterocycles. The van der Waals surface area contributed by atoms with Crippen LogP contribution in [0.3, 0.4) is 0 Å². The van der Waals surface area contributed by atoms with Crippen molar-refractivity contribution in [2.75, 3.05) is 26.4 Å². The molecule has 0 spiro atoms. The second-order valence-electron chi connectivity index (χ2n) is 2.60. The van der Waals surface area contributed by atoms with Crippen LogP contribution in [0.2, 0.25) is 0 Å². The summed E-state index contributed by atoms with van der Waals surface area (Å²) in [6, 6.07) is 0. The van der Waals surface area contributed by atoms with Crippen molar-refractivity contribution < 1.29 is 44.4 Å². The molecule has 0 unspecified atom stereocenters. The number of hydrogen-bond acceptors (Lipinski definition) is 7. The van der Waals surface area contributed by atoms with Crippen LogP contribution in [-0.4, -0.2) is 74.0 Å². The topological polar surface area (TPSA) is 168 Å². The molecule has 0 amide bonds. The Morgan fingerprint density at radius 1 is 0.938 bits per heavy atom. The summed E-state index contributed by atoms with van der Waals surface area (Å²) in [6.07, 6.45) is -2.16. The van der Waals surface area contributed by atoms with E-state index in [1.54, 1.807) is 0 Å². The van der Waals surface area contributed by atoms with Gasteiger partial charge in [-0.05, 0) is 0 Å². The predicted molar refractivity (Wildman–Crippen MR) is 51.3 cm³/mol. The molecule has 0 aromatic rings. The zero-order valence-corrected chi connectivity index (χ0v) is 9.27. The lowest BCUT2D eigenvalue weighted by Crippen LogP contribution is -2.20. The van der Waals surface area contributed by atoms with Crippen LogP contribution in [0, 0.1) is 0 Å². The first-order chi connectivity index (χ1) is 7.30. The molecule has 0 atom stereocenters. The predicted octanol–water partition coefficient (Wildman–Crippen LogP) is -3.22. The van der Waals surface area contributed by atoms with Crippen LogP contribution in [0.5, 0.6) is 0 Å². The second kappa shape index (κ2) is 10.1. The molecule has 0 fully saturated rings. The van der Waals surface area contributed by atoms with Crippen molar-refractivity contribution in [3.8, 4) is 0 Å². The number of aliphatic hydroxyl groups excluding tert-OH is 5. The van der Waals surface area contributed by atoms with Gasteiger partial charge in [0.05, 0.1) is 26.4 Å². The Morgan fingerprint density at radius 3 is 1.38 bits per heavy atom. The van der Waals surface area contributed by atoms with Gasteiger partial charge in [0.1, 0.15) is 12.2 Å². The van der Waals surface area contributed by atoms with E-state index in [1.165, 1.54) is 0 Å². The molecule has 0 saturated heterocycles. The normalized spacial score (nSPS) is 11.6. The fourth-order valence-corrected chi connectivity index (χ4v) is 0.898. The molecule has 0 saturated carbocycles. The number of phosphoric acid groups is 1. The van der Waals surface area contributed by atoms with E-state index in [9.17, 15) is 4.57 Å². The highest BCUT2D eigenvalue weighted by Gasteiger charge is 2.20. The lowest BCUT2D eigenvalue weighted by molar-refractivity contribution is 0.0391. The molecule has 16 heavy (non-hydrogen) atoms. The molecule has 0 aliphatic carbocycles. The van der Waals surface area contributed by atoms with Crippen LogP contribution in [-0.2, 0) is 9.09 Å². The summed E-state index contributed by atoms with van der Waals surface area (Å²) in [6.45, 7) is -1.98. The largest absolute Gasteiger partial charge is 0.470 e. The quantitative estimate of drug-likeness (QED) is 0.244. The first-order valence-corrected chi connectivity index (χ1v) is 5.69. The van der Waals surface area contributed by atoms with E-state index in [-0.39, 0.29) is 13.2 Å². The SMILES string of the molecule is O=P(O)(O)OC(CO)CO.OCC(O)CO. The van der Waals surface area contributed by atoms with Gasteiger partial charge in [-0.25, -0.2) is 4.57 Å². The van der Waals surface area contributed by atoms with Gasteiger partial charge >= 0.3 is 7.82 Å². The third-order valence-electron chi connectivity index (χ3n) is 1.12. The fraction of sp³-hybridized carbons (Fsp3) is 1.00. The molecule has 0 aromatic carbocycles. The third kappa shape index (κ3) is 13.9. The molecule has 9 nitrogen and oxygen atoms in total. The Bertz CT molecular complexity index is 184.